The Morgan fingerprint density at radius 2 is 1.86 bits per heavy atom. The number of piperidine rings is 1. The van der Waals surface area contributed by atoms with Crippen LogP contribution >= 0.6 is 0 Å². The number of hydrogen-bond donors (Lipinski definition) is 3. The number of imide groups is 1. The Labute approximate surface area is 167 Å². The monoisotopic (exact) mass is 388 g/mol. The molecule has 0 aromatic heterocycles. The Hall–Kier alpha value is -2.41. The fourth-order valence-corrected chi connectivity index (χ4v) is 4.27. The standard InChI is InChI=1S/C20H30N4O2.CH2O/c1-22-16-11-15(14-5-3-13(12-21)4-6-14)7-8-17(16)24(2)18-9-10-19(25)23-20(18)26;1-2/h7-8,11,13-14,18,22H,3-6,9-10,12,21H2,1-2H3,(H,23,25,26);1H2. The summed E-state index contributed by atoms with van der Waals surface area (Å²) >= 11 is 0. The fourth-order valence-electron chi connectivity index (χ4n) is 4.27. The minimum atomic E-state index is -0.314. The second-order valence-corrected chi connectivity index (χ2v) is 7.56. The molecule has 0 bridgehead atoms. The topological polar surface area (TPSA) is 105 Å². The summed E-state index contributed by atoms with van der Waals surface area (Å²) in [5, 5.41) is 5.72. The van der Waals surface area contributed by atoms with Crippen LogP contribution in [0.5, 0.6) is 0 Å². The van der Waals surface area contributed by atoms with Gasteiger partial charge in [0.05, 0.1) is 11.4 Å². The molecule has 1 aromatic rings. The molecule has 2 amide bonds. The van der Waals surface area contributed by atoms with Crippen molar-refractivity contribution in [3.8, 4) is 0 Å². The normalized spacial score (nSPS) is 24.6. The summed E-state index contributed by atoms with van der Waals surface area (Å²) in [6, 6.07) is 6.18. The van der Waals surface area contributed by atoms with Gasteiger partial charge in [-0.2, -0.15) is 0 Å². The molecule has 7 nitrogen and oxygen atoms in total. The number of likely N-dealkylation sites (N-methyl/N-ethyl adjacent to an activating group) is 1. The van der Waals surface area contributed by atoms with E-state index in [4.69, 9.17) is 10.5 Å². The number of hydrogen-bond acceptors (Lipinski definition) is 6. The first-order valence-electron chi connectivity index (χ1n) is 9.90. The van der Waals surface area contributed by atoms with Crippen molar-refractivity contribution in [1.29, 1.82) is 0 Å². The van der Waals surface area contributed by atoms with Gasteiger partial charge in [-0.25, -0.2) is 0 Å². The highest BCUT2D eigenvalue weighted by Crippen LogP contribution is 2.38. The summed E-state index contributed by atoms with van der Waals surface area (Å²) in [7, 11) is 3.83. The maximum atomic E-state index is 12.2. The van der Waals surface area contributed by atoms with Gasteiger partial charge in [0.1, 0.15) is 12.8 Å². The summed E-state index contributed by atoms with van der Waals surface area (Å²) < 4.78 is 0. The van der Waals surface area contributed by atoms with Crippen LogP contribution in [-0.4, -0.2) is 45.3 Å². The van der Waals surface area contributed by atoms with E-state index < -0.39 is 0 Å². The van der Waals surface area contributed by atoms with Crippen molar-refractivity contribution in [2.45, 2.75) is 50.5 Å². The van der Waals surface area contributed by atoms with Gasteiger partial charge in [-0.3, -0.25) is 14.9 Å². The number of nitrogens with two attached hydrogens (primary N) is 1. The van der Waals surface area contributed by atoms with Crippen LogP contribution < -0.4 is 21.3 Å². The fraction of sp³-hybridized carbons (Fsp3) is 0.571. The Kier molecular flexibility index (Phi) is 7.99. The lowest BCUT2D eigenvalue weighted by atomic mass is 9.78. The van der Waals surface area contributed by atoms with Crippen molar-refractivity contribution in [2.75, 3.05) is 30.9 Å². The maximum absolute atomic E-state index is 12.2. The van der Waals surface area contributed by atoms with Crippen LogP contribution in [0.3, 0.4) is 0 Å². The zero-order valence-corrected chi connectivity index (χ0v) is 16.9. The van der Waals surface area contributed by atoms with E-state index in [9.17, 15) is 9.59 Å². The van der Waals surface area contributed by atoms with Gasteiger partial charge < -0.3 is 20.7 Å². The molecule has 1 saturated heterocycles. The number of benzene rings is 1. The second-order valence-electron chi connectivity index (χ2n) is 7.56. The number of rotatable bonds is 5. The summed E-state index contributed by atoms with van der Waals surface area (Å²) in [6.45, 7) is 2.80. The molecule has 0 spiro atoms. The summed E-state index contributed by atoms with van der Waals surface area (Å²) in [6.07, 6.45) is 5.72. The Morgan fingerprint density at radius 3 is 2.43 bits per heavy atom. The number of carbonyl (C=O) groups excluding carboxylic acids is 3. The third-order valence-electron chi connectivity index (χ3n) is 6.00. The van der Waals surface area contributed by atoms with E-state index in [1.165, 1.54) is 31.2 Å². The Morgan fingerprint density at radius 1 is 1.18 bits per heavy atom. The van der Waals surface area contributed by atoms with Crippen LogP contribution in [0.4, 0.5) is 11.4 Å². The van der Waals surface area contributed by atoms with Crippen LogP contribution in [0.1, 0.15) is 50.0 Å². The summed E-state index contributed by atoms with van der Waals surface area (Å²) in [5.41, 5.74) is 9.17. The number of nitrogens with one attached hydrogen (secondary N) is 2. The third-order valence-corrected chi connectivity index (χ3v) is 6.00. The molecule has 1 aliphatic carbocycles. The number of carbonyl (C=O) groups is 3. The van der Waals surface area contributed by atoms with Crippen LogP contribution in [0.25, 0.3) is 0 Å². The predicted molar refractivity (Wildman–Crippen MR) is 111 cm³/mol. The molecular weight excluding hydrogens is 356 g/mol. The van der Waals surface area contributed by atoms with E-state index in [2.05, 4.69) is 28.8 Å². The van der Waals surface area contributed by atoms with E-state index in [-0.39, 0.29) is 17.9 Å². The molecule has 1 unspecified atom stereocenters. The molecule has 7 heteroatoms. The number of anilines is 2. The molecule has 0 radical (unpaired) electrons. The maximum Gasteiger partial charge on any atom is 0.249 e. The quantitative estimate of drug-likeness (QED) is 0.667. The first-order valence-corrected chi connectivity index (χ1v) is 9.90. The highest BCUT2D eigenvalue weighted by Gasteiger charge is 2.31. The third kappa shape index (κ3) is 4.90. The second kappa shape index (κ2) is 10.2. The Bertz CT molecular complexity index is 686. The number of amides is 2. The average Bonchev–Trinajstić information content (AvgIpc) is 2.74. The average molecular weight is 389 g/mol. The molecule has 1 atom stereocenters. The molecule has 1 heterocycles. The summed E-state index contributed by atoms with van der Waals surface area (Å²) in [4.78, 5) is 33.6. The lowest BCUT2D eigenvalue weighted by Gasteiger charge is -2.33. The van der Waals surface area contributed by atoms with Gasteiger partial charge in [0, 0.05) is 20.5 Å². The highest BCUT2D eigenvalue weighted by atomic mass is 16.2. The smallest absolute Gasteiger partial charge is 0.249 e. The minimum absolute atomic E-state index is 0.183. The Balaban J connectivity index is 0.00000136. The van der Waals surface area contributed by atoms with E-state index in [0.29, 0.717) is 24.7 Å². The van der Waals surface area contributed by atoms with Gasteiger partial charge in [0.15, 0.2) is 0 Å². The SMILES string of the molecule is C=O.CNc1cc(C2CCC(CN)CC2)ccc1N(C)C1CCC(=O)NC1=O. The van der Waals surface area contributed by atoms with E-state index in [1.807, 2.05) is 25.8 Å². The van der Waals surface area contributed by atoms with Crippen molar-refractivity contribution in [2.24, 2.45) is 11.7 Å². The molecule has 4 N–H and O–H groups in total. The molecule has 3 rings (SSSR count). The zero-order valence-electron chi connectivity index (χ0n) is 16.9. The van der Waals surface area contributed by atoms with Gasteiger partial charge in [0.2, 0.25) is 11.8 Å². The van der Waals surface area contributed by atoms with Gasteiger partial charge in [-0.1, -0.05) is 6.07 Å². The van der Waals surface area contributed by atoms with E-state index >= 15 is 0 Å². The number of nitrogens with zero attached hydrogens (tertiary/aromatic N) is 1. The van der Waals surface area contributed by atoms with Crippen molar-refractivity contribution >= 4 is 30.0 Å². The molecule has 28 heavy (non-hydrogen) atoms. The van der Waals surface area contributed by atoms with Gasteiger partial charge >= 0.3 is 0 Å². The molecule has 1 aromatic carbocycles. The molecular formula is C21H32N4O3. The van der Waals surface area contributed by atoms with Crippen LogP contribution in [-0.2, 0) is 14.4 Å². The molecule has 1 aliphatic heterocycles. The zero-order chi connectivity index (χ0) is 20.7. The molecule has 154 valence electrons. The molecule has 2 fully saturated rings. The molecule has 2 aliphatic rings. The van der Waals surface area contributed by atoms with Gasteiger partial charge in [-0.05, 0) is 68.2 Å². The van der Waals surface area contributed by atoms with E-state index in [0.717, 1.165) is 17.9 Å². The van der Waals surface area contributed by atoms with Crippen LogP contribution in [0, 0.1) is 5.92 Å². The minimum Gasteiger partial charge on any atom is -0.386 e. The largest absolute Gasteiger partial charge is 0.386 e. The predicted octanol–water partition coefficient (Wildman–Crippen LogP) is 2.02. The van der Waals surface area contributed by atoms with Crippen molar-refractivity contribution in [1.82, 2.24) is 5.32 Å². The lowest BCUT2D eigenvalue weighted by Crippen LogP contribution is -2.51. The highest BCUT2D eigenvalue weighted by molar-refractivity contribution is 6.02. The molecule has 1 saturated carbocycles. The first-order chi connectivity index (χ1) is 13.5. The van der Waals surface area contributed by atoms with Crippen molar-refractivity contribution < 1.29 is 14.4 Å². The van der Waals surface area contributed by atoms with Crippen molar-refractivity contribution in [3.05, 3.63) is 23.8 Å². The van der Waals surface area contributed by atoms with E-state index in [1.54, 1.807) is 0 Å². The van der Waals surface area contributed by atoms with Crippen molar-refractivity contribution in [3.63, 3.8) is 0 Å². The van der Waals surface area contributed by atoms with Gasteiger partial charge in [0.25, 0.3) is 0 Å². The van der Waals surface area contributed by atoms with Gasteiger partial charge in [-0.15, -0.1) is 0 Å². The van der Waals surface area contributed by atoms with Crippen LogP contribution in [0.15, 0.2) is 18.2 Å². The first kappa shape index (κ1) is 21.9. The lowest BCUT2D eigenvalue weighted by molar-refractivity contribution is -0.134. The van der Waals surface area contributed by atoms with Crippen LogP contribution in [0.2, 0.25) is 0 Å². The summed E-state index contributed by atoms with van der Waals surface area (Å²) in [5.74, 6) is 0.861.